The molecule has 0 radical (unpaired) electrons. The molecule has 4 rings (SSSR count). The van der Waals surface area contributed by atoms with E-state index in [4.69, 9.17) is 0 Å². The molecule has 0 unspecified atom stereocenters. The Balaban J connectivity index is 1.43. The molecule has 2 amide bonds. The maximum Gasteiger partial charge on any atom is 0.230 e. The first kappa shape index (κ1) is 18.7. The van der Waals surface area contributed by atoms with Crippen LogP contribution in [0.25, 0.3) is 0 Å². The first-order valence-corrected chi connectivity index (χ1v) is 10.1. The third kappa shape index (κ3) is 3.79. The highest BCUT2D eigenvalue weighted by molar-refractivity contribution is 5.86. The second-order valence-corrected chi connectivity index (χ2v) is 8.20. The van der Waals surface area contributed by atoms with E-state index in [9.17, 15) is 9.59 Å². The van der Waals surface area contributed by atoms with Crippen LogP contribution in [-0.4, -0.2) is 46.2 Å². The molecule has 0 aliphatic carbocycles. The van der Waals surface area contributed by atoms with E-state index in [0.717, 1.165) is 31.4 Å². The van der Waals surface area contributed by atoms with Crippen molar-refractivity contribution in [1.29, 1.82) is 0 Å². The molecule has 1 aromatic carbocycles. The molecule has 28 heavy (non-hydrogen) atoms. The van der Waals surface area contributed by atoms with Gasteiger partial charge in [-0.2, -0.15) is 0 Å². The van der Waals surface area contributed by atoms with Crippen LogP contribution < -0.4 is 0 Å². The van der Waals surface area contributed by atoms with Crippen LogP contribution >= 0.6 is 0 Å². The van der Waals surface area contributed by atoms with Crippen molar-refractivity contribution in [2.75, 3.05) is 19.6 Å². The normalized spacial score (nSPS) is 22.1. The van der Waals surface area contributed by atoms with Gasteiger partial charge in [0.15, 0.2) is 0 Å². The van der Waals surface area contributed by atoms with Gasteiger partial charge in [0.2, 0.25) is 11.8 Å². The highest BCUT2D eigenvalue weighted by atomic mass is 16.2. The molecule has 146 valence electrons. The Labute approximate surface area is 166 Å². The molecule has 2 aliphatic rings. The van der Waals surface area contributed by atoms with E-state index >= 15 is 0 Å². The van der Waals surface area contributed by atoms with E-state index in [2.05, 4.69) is 30.1 Å². The number of rotatable bonds is 4. The molecule has 1 spiro atoms. The smallest absolute Gasteiger partial charge is 0.230 e. The van der Waals surface area contributed by atoms with E-state index < -0.39 is 5.41 Å². The molecule has 0 saturated carbocycles. The van der Waals surface area contributed by atoms with Crippen molar-refractivity contribution in [3.05, 3.63) is 65.5 Å². The summed E-state index contributed by atoms with van der Waals surface area (Å²) in [4.78, 5) is 34.0. The summed E-state index contributed by atoms with van der Waals surface area (Å²) in [7, 11) is 0. The number of likely N-dealkylation sites (tertiary alicyclic amines) is 2. The number of nitrogens with zero attached hydrogens (tertiary/aromatic N) is 3. The largest absolute Gasteiger partial charge is 0.341 e. The van der Waals surface area contributed by atoms with Crippen molar-refractivity contribution in [2.45, 2.75) is 39.2 Å². The second kappa shape index (κ2) is 7.74. The zero-order valence-corrected chi connectivity index (χ0v) is 16.4. The van der Waals surface area contributed by atoms with Crippen molar-refractivity contribution in [2.24, 2.45) is 5.41 Å². The van der Waals surface area contributed by atoms with Crippen molar-refractivity contribution < 1.29 is 9.59 Å². The number of pyridine rings is 1. The Morgan fingerprint density at radius 2 is 1.93 bits per heavy atom. The van der Waals surface area contributed by atoms with Crippen LogP contribution in [0.2, 0.25) is 0 Å². The highest BCUT2D eigenvalue weighted by Crippen LogP contribution is 2.40. The minimum Gasteiger partial charge on any atom is -0.341 e. The monoisotopic (exact) mass is 377 g/mol. The summed E-state index contributed by atoms with van der Waals surface area (Å²) >= 11 is 0. The topological polar surface area (TPSA) is 53.5 Å². The lowest BCUT2D eigenvalue weighted by Gasteiger charge is -2.39. The quantitative estimate of drug-likeness (QED) is 0.823. The highest BCUT2D eigenvalue weighted by Gasteiger charge is 2.49. The maximum atomic E-state index is 13.3. The Morgan fingerprint density at radius 1 is 1.11 bits per heavy atom. The van der Waals surface area contributed by atoms with Gasteiger partial charge in [-0.05, 0) is 49.4 Å². The number of piperidine rings is 1. The summed E-state index contributed by atoms with van der Waals surface area (Å²) in [5.74, 6) is 0.325. The van der Waals surface area contributed by atoms with Crippen LogP contribution in [0.3, 0.4) is 0 Å². The second-order valence-electron chi connectivity index (χ2n) is 8.20. The van der Waals surface area contributed by atoms with Gasteiger partial charge in [0.25, 0.3) is 0 Å². The summed E-state index contributed by atoms with van der Waals surface area (Å²) in [6, 6.07) is 12.1. The molecule has 5 nitrogen and oxygen atoms in total. The van der Waals surface area contributed by atoms with Gasteiger partial charge in [-0.3, -0.25) is 14.6 Å². The van der Waals surface area contributed by atoms with E-state index in [-0.39, 0.29) is 11.8 Å². The summed E-state index contributed by atoms with van der Waals surface area (Å²) in [6.45, 7) is 4.77. The number of amides is 2. The Morgan fingerprint density at radius 3 is 2.71 bits per heavy atom. The number of benzene rings is 1. The lowest BCUT2D eigenvalue weighted by atomic mass is 9.78. The summed E-state index contributed by atoms with van der Waals surface area (Å²) in [5.41, 5.74) is 2.96. The molecule has 0 bridgehead atoms. The van der Waals surface area contributed by atoms with E-state index in [1.54, 1.807) is 12.4 Å². The third-order valence-electron chi connectivity index (χ3n) is 6.09. The van der Waals surface area contributed by atoms with Crippen LogP contribution in [0.15, 0.2) is 48.8 Å². The van der Waals surface area contributed by atoms with Crippen molar-refractivity contribution in [3.8, 4) is 0 Å². The Bertz CT molecular complexity index is 867. The minimum absolute atomic E-state index is 0.103. The number of carbonyl (C=O) groups is 2. The molecule has 2 saturated heterocycles. The van der Waals surface area contributed by atoms with Crippen LogP contribution in [0.5, 0.6) is 0 Å². The first-order chi connectivity index (χ1) is 13.6. The van der Waals surface area contributed by atoms with Crippen LogP contribution in [0, 0.1) is 12.3 Å². The van der Waals surface area contributed by atoms with Gasteiger partial charge in [0.05, 0.1) is 11.8 Å². The van der Waals surface area contributed by atoms with Crippen LogP contribution in [0.4, 0.5) is 0 Å². The molecule has 2 aromatic rings. The van der Waals surface area contributed by atoms with Crippen molar-refractivity contribution >= 4 is 11.8 Å². The number of hydrogen-bond donors (Lipinski definition) is 0. The predicted molar refractivity (Wildman–Crippen MR) is 107 cm³/mol. The van der Waals surface area contributed by atoms with Gasteiger partial charge < -0.3 is 9.80 Å². The fourth-order valence-electron chi connectivity index (χ4n) is 4.58. The number of carbonyl (C=O) groups excluding carboxylic acids is 2. The van der Waals surface area contributed by atoms with E-state index in [0.29, 0.717) is 26.1 Å². The van der Waals surface area contributed by atoms with Crippen molar-refractivity contribution in [3.63, 3.8) is 0 Å². The zero-order valence-electron chi connectivity index (χ0n) is 16.4. The molecular formula is C23H27N3O2. The van der Waals surface area contributed by atoms with E-state index in [1.165, 1.54) is 11.1 Å². The molecule has 1 atom stereocenters. The average molecular weight is 377 g/mol. The lowest BCUT2D eigenvalue weighted by Crippen LogP contribution is -2.50. The zero-order chi connectivity index (χ0) is 19.6. The molecule has 1 aromatic heterocycles. The molecule has 5 heteroatoms. The lowest BCUT2D eigenvalue weighted by molar-refractivity contribution is -0.146. The standard InChI is InChI=1S/C23H27N3O2/c1-18-4-2-5-20(14-18)16-25-12-3-8-23(22(25)28)9-13-26(17-23)21(27)15-19-6-10-24-11-7-19/h2,4-7,10-11,14H,3,8-9,12-13,15-17H2,1H3/t23-/m1/s1. The van der Waals surface area contributed by atoms with Gasteiger partial charge in [0, 0.05) is 38.6 Å². The summed E-state index contributed by atoms with van der Waals surface area (Å²) < 4.78 is 0. The first-order valence-electron chi connectivity index (χ1n) is 10.1. The summed E-state index contributed by atoms with van der Waals surface area (Å²) in [6.07, 6.45) is 6.46. The Hall–Kier alpha value is -2.69. The molecular weight excluding hydrogens is 350 g/mol. The van der Waals surface area contributed by atoms with E-state index in [1.807, 2.05) is 28.0 Å². The van der Waals surface area contributed by atoms with Gasteiger partial charge in [-0.15, -0.1) is 0 Å². The van der Waals surface area contributed by atoms with Gasteiger partial charge in [-0.1, -0.05) is 29.8 Å². The fourth-order valence-corrected chi connectivity index (χ4v) is 4.58. The molecule has 0 N–H and O–H groups in total. The third-order valence-corrected chi connectivity index (χ3v) is 6.09. The predicted octanol–water partition coefficient (Wildman–Crippen LogP) is 2.97. The number of aromatic nitrogens is 1. The van der Waals surface area contributed by atoms with Crippen molar-refractivity contribution in [1.82, 2.24) is 14.8 Å². The van der Waals surface area contributed by atoms with Gasteiger partial charge >= 0.3 is 0 Å². The average Bonchev–Trinajstić information content (AvgIpc) is 3.12. The van der Waals surface area contributed by atoms with Crippen LogP contribution in [0.1, 0.15) is 36.0 Å². The van der Waals surface area contributed by atoms with Crippen LogP contribution in [-0.2, 0) is 22.6 Å². The maximum absolute atomic E-state index is 13.3. The minimum atomic E-state index is -0.393. The number of hydrogen-bond acceptors (Lipinski definition) is 3. The van der Waals surface area contributed by atoms with Gasteiger partial charge in [-0.25, -0.2) is 0 Å². The Kier molecular flexibility index (Phi) is 5.16. The van der Waals surface area contributed by atoms with Gasteiger partial charge in [0.1, 0.15) is 0 Å². The SMILES string of the molecule is Cc1cccc(CN2CCC[C@]3(CCN(C(=O)Cc4ccncc4)C3)C2=O)c1. The summed E-state index contributed by atoms with van der Waals surface area (Å²) in [5, 5.41) is 0. The molecule has 3 heterocycles. The molecule has 2 fully saturated rings. The molecule has 2 aliphatic heterocycles. The fraction of sp³-hybridized carbons (Fsp3) is 0.435. The number of aryl methyl sites for hydroxylation is 1.